The Hall–Kier alpha value is -1.30. The van der Waals surface area contributed by atoms with Gasteiger partial charge < -0.3 is 10.8 Å². The number of carboxylic acid groups (broad SMARTS) is 1. The lowest BCUT2D eigenvalue weighted by molar-refractivity contribution is -0.926. The lowest BCUT2D eigenvalue weighted by atomic mass is 9.97. The zero-order chi connectivity index (χ0) is 23.8. The molecule has 0 rings (SSSR count). The molecular weight excluding hydrogens is 390 g/mol. The molecule has 3 N–H and O–H groups in total. The van der Waals surface area contributed by atoms with Crippen LogP contribution in [0.3, 0.4) is 0 Å². The summed E-state index contributed by atoms with van der Waals surface area (Å²) in [6.07, 6.45) is 18.7. The quantitative estimate of drug-likeness (QED) is 0.135. The number of likely N-dealkylation sites (N-methyl/N-ethyl adjacent to an activating group) is 1. The number of amides is 2. The van der Waals surface area contributed by atoms with Crippen LogP contribution in [0.4, 0.5) is 4.79 Å². The summed E-state index contributed by atoms with van der Waals surface area (Å²) >= 11 is 0. The summed E-state index contributed by atoms with van der Waals surface area (Å²) in [7, 11) is 5.47. The maximum atomic E-state index is 12.3. The first kappa shape index (κ1) is 29.7. The third-order valence-electron chi connectivity index (χ3n) is 6.50. The van der Waals surface area contributed by atoms with Gasteiger partial charge in [-0.25, -0.2) is 9.59 Å². The van der Waals surface area contributed by atoms with E-state index in [0.29, 0.717) is 19.4 Å². The van der Waals surface area contributed by atoms with E-state index in [1.165, 1.54) is 75.5 Å². The SMILES string of the molecule is CCCCCCCCCCCCCCCCN(C(N)=O)C(CCC)(C(=O)O)[N+](C)(C)C. The molecule has 1 unspecified atom stereocenters. The molecule has 0 saturated heterocycles. The van der Waals surface area contributed by atoms with Crippen molar-refractivity contribution in [2.24, 2.45) is 5.73 Å². The van der Waals surface area contributed by atoms with Crippen LogP contribution >= 0.6 is 0 Å². The molecule has 0 aromatic heterocycles. The summed E-state index contributed by atoms with van der Waals surface area (Å²) < 4.78 is 0.137. The van der Waals surface area contributed by atoms with Gasteiger partial charge in [0.25, 0.3) is 5.66 Å². The number of carbonyl (C=O) groups is 2. The normalized spacial score (nSPS) is 13.7. The van der Waals surface area contributed by atoms with Gasteiger partial charge in [0.2, 0.25) is 0 Å². The minimum atomic E-state index is -1.32. The first-order valence-electron chi connectivity index (χ1n) is 12.8. The molecule has 0 saturated carbocycles. The average molecular weight is 443 g/mol. The second-order valence-electron chi connectivity index (χ2n) is 9.97. The largest absolute Gasteiger partial charge is 0.475 e. The van der Waals surface area contributed by atoms with Gasteiger partial charge >= 0.3 is 12.0 Å². The molecule has 0 spiro atoms. The Labute approximate surface area is 192 Å². The molecule has 0 bridgehead atoms. The number of carbonyl (C=O) groups excluding carboxylic acids is 1. The van der Waals surface area contributed by atoms with E-state index >= 15 is 0 Å². The van der Waals surface area contributed by atoms with Crippen molar-refractivity contribution in [1.29, 1.82) is 0 Å². The van der Waals surface area contributed by atoms with Crippen molar-refractivity contribution in [3.8, 4) is 0 Å². The van der Waals surface area contributed by atoms with Crippen molar-refractivity contribution in [2.75, 3.05) is 27.7 Å². The topological polar surface area (TPSA) is 83.6 Å². The number of unbranched alkanes of at least 4 members (excludes halogenated alkanes) is 13. The second-order valence-corrected chi connectivity index (χ2v) is 9.97. The average Bonchev–Trinajstić information content (AvgIpc) is 2.68. The molecule has 6 nitrogen and oxygen atoms in total. The molecule has 184 valence electrons. The lowest BCUT2D eigenvalue weighted by Gasteiger charge is -2.48. The molecule has 0 aliphatic heterocycles. The Morgan fingerprint density at radius 2 is 1.13 bits per heavy atom. The Morgan fingerprint density at radius 3 is 1.42 bits per heavy atom. The van der Waals surface area contributed by atoms with Crippen LogP contribution in [0.1, 0.15) is 117 Å². The molecular formula is C25H52N3O3+. The van der Waals surface area contributed by atoms with Gasteiger partial charge in [0.05, 0.1) is 21.1 Å². The minimum absolute atomic E-state index is 0.137. The predicted molar refractivity (Wildman–Crippen MR) is 130 cm³/mol. The van der Waals surface area contributed by atoms with Gasteiger partial charge in [-0.2, -0.15) is 0 Å². The standard InChI is InChI=1S/C25H51N3O3/c1-6-8-9-10-11-12-13-14-15-16-17-18-19-20-22-27(24(26)31)25(21-7-2,23(29)30)28(3,4)5/h6-22H2,1-5H3,(H2-,26,29,30,31)/p+1. The predicted octanol–water partition coefficient (Wildman–Crippen LogP) is 6.14. The number of rotatable bonds is 20. The van der Waals surface area contributed by atoms with Crippen LogP contribution < -0.4 is 5.73 Å². The smallest absolute Gasteiger partial charge is 0.388 e. The zero-order valence-electron chi connectivity index (χ0n) is 21.3. The van der Waals surface area contributed by atoms with E-state index in [2.05, 4.69) is 6.92 Å². The van der Waals surface area contributed by atoms with Gasteiger partial charge in [-0.1, -0.05) is 97.3 Å². The molecule has 1 atom stereocenters. The zero-order valence-corrected chi connectivity index (χ0v) is 21.3. The van der Waals surface area contributed by atoms with Gasteiger partial charge in [0, 0.05) is 13.0 Å². The molecule has 31 heavy (non-hydrogen) atoms. The van der Waals surface area contributed by atoms with E-state index in [9.17, 15) is 14.7 Å². The Balaban J connectivity index is 4.23. The first-order valence-corrected chi connectivity index (χ1v) is 12.8. The highest BCUT2D eigenvalue weighted by Crippen LogP contribution is 2.30. The number of aliphatic carboxylic acids is 1. The van der Waals surface area contributed by atoms with Crippen LogP contribution in [0.2, 0.25) is 0 Å². The molecule has 6 heteroatoms. The summed E-state index contributed by atoms with van der Waals surface area (Å²) in [6, 6.07) is -0.640. The van der Waals surface area contributed by atoms with Gasteiger partial charge in [-0.15, -0.1) is 0 Å². The highest BCUT2D eigenvalue weighted by Gasteiger charge is 2.56. The fraction of sp³-hybridized carbons (Fsp3) is 0.920. The lowest BCUT2D eigenvalue weighted by Crippen LogP contribution is -2.73. The summed E-state index contributed by atoms with van der Waals surface area (Å²) in [5, 5.41) is 10.1. The molecule has 0 aromatic rings. The number of carboxylic acids is 1. The number of hydrogen-bond acceptors (Lipinski definition) is 2. The van der Waals surface area contributed by atoms with Crippen molar-refractivity contribution < 1.29 is 19.2 Å². The first-order chi connectivity index (χ1) is 14.6. The molecule has 0 aromatic carbocycles. The van der Waals surface area contributed by atoms with Crippen LogP contribution in [-0.4, -0.2) is 59.8 Å². The Bertz CT molecular complexity index is 491. The Morgan fingerprint density at radius 1 is 0.742 bits per heavy atom. The van der Waals surface area contributed by atoms with E-state index < -0.39 is 17.7 Å². The van der Waals surface area contributed by atoms with Crippen LogP contribution in [-0.2, 0) is 4.79 Å². The minimum Gasteiger partial charge on any atom is -0.475 e. The van der Waals surface area contributed by atoms with Crippen LogP contribution in [0, 0.1) is 0 Å². The fourth-order valence-electron chi connectivity index (χ4n) is 4.63. The monoisotopic (exact) mass is 442 g/mol. The van der Waals surface area contributed by atoms with Gasteiger partial charge in [0.15, 0.2) is 0 Å². The molecule has 0 radical (unpaired) electrons. The molecule has 0 aliphatic rings. The van der Waals surface area contributed by atoms with Crippen molar-refractivity contribution in [1.82, 2.24) is 4.90 Å². The highest BCUT2D eigenvalue weighted by atomic mass is 16.4. The maximum Gasteiger partial charge on any atom is 0.388 e. The van der Waals surface area contributed by atoms with E-state index in [-0.39, 0.29) is 4.48 Å². The maximum absolute atomic E-state index is 12.3. The van der Waals surface area contributed by atoms with E-state index in [1.807, 2.05) is 28.1 Å². The molecule has 0 fully saturated rings. The van der Waals surface area contributed by atoms with Gasteiger partial charge in [-0.05, 0) is 12.8 Å². The summed E-state index contributed by atoms with van der Waals surface area (Å²) in [5.41, 5.74) is 4.33. The number of primary amides is 1. The highest BCUT2D eigenvalue weighted by molar-refractivity contribution is 5.84. The van der Waals surface area contributed by atoms with E-state index in [1.54, 1.807) is 0 Å². The number of urea groups is 1. The number of nitrogens with two attached hydrogens (primary N) is 1. The second kappa shape index (κ2) is 16.3. The van der Waals surface area contributed by atoms with Crippen LogP contribution in [0.25, 0.3) is 0 Å². The Kier molecular flexibility index (Phi) is 15.7. The summed E-state index contributed by atoms with van der Waals surface area (Å²) in [4.78, 5) is 25.9. The van der Waals surface area contributed by atoms with Crippen molar-refractivity contribution >= 4 is 12.0 Å². The van der Waals surface area contributed by atoms with Crippen molar-refractivity contribution in [3.05, 3.63) is 0 Å². The van der Waals surface area contributed by atoms with Crippen LogP contribution in [0.15, 0.2) is 0 Å². The third-order valence-corrected chi connectivity index (χ3v) is 6.50. The number of hydrogen-bond donors (Lipinski definition) is 2. The number of nitrogens with zero attached hydrogens (tertiary/aromatic N) is 2. The fourth-order valence-corrected chi connectivity index (χ4v) is 4.63. The van der Waals surface area contributed by atoms with Crippen LogP contribution in [0.5, 0.6) is 0 Å². The number of quaternary nitrogens is 1. The van der Waals surface area contributed by atoms with Crippen molar-refractivity contribution in [3.63, 3.8) is 0 Å². The van der Waals surface area contributed by atoms with Gasteiger partial charge in [-0.3, -0.25) is 9.38 Å². The molecule has 2 amide bonds. The third kappa shape index (κ3) is 10.7. The molecule has 0 aliphatic carbocycles. The molecule has 0 heterocycles. The van der Waals surface area contributed by atoms with Gasteiger partial charge in [0.1, 0.15) is 0 Å². The van der Waals surface area contributed by atoms with Crippen molar-refractivity contribution in [2.45, 2.75) is 122 Å². The summed E-state index contributed by atoms with van der Waals surface area (Å²) in [5.74, 6) is -0.981. The van der Waals surface area contributed by atoms with E-state index in [0.717, 1.165) is 19.3 Å². The van der Waals surface area contributed by atoms with E-state index in [4.69, 9.17) is 5.73 Å². The summed E-state index contributed by atoms with van der Waals surface area (Å²) in [6.45, 7) is 4.60.